The second kappa shape index (κ2) is 8.19. The summed E-state index contributed by atoms with van der Waals surface area (Å²) in [6, 6.07) is 11.8. The number of nitrogens with one attached hydrogen (secondary N) is 1. The molecule has 8 heteroatoms. The van der Waals surface area contributed by atoms with Gasteiger partial charge in [-0.2, -0.15) is 0 Å². The molecule has 4 atom stereocenters. The largest absolute Gasteiger partial charge is 0.493 e. The van der Waals surface area contributed by atoms with Gasteiger partial charge in [-0.15, -0.1) is 0 Å². The van der Waals surface area contributed by atoms with Crippen molar-refractivity contribution in [3.63, 3.8) is 0 Å². The first-order valence-electron chi connectivity index (χ1n) is 10.7. The van der Waals surface area contributed by atoms with Crippen LogP contribution in [-0.4, -0.2) is 48.5 Å². The van der Waals surface area contributed by atoms with Crippen LogP contribution < -0.4 is 10.1 Å². The molecule has 1 N–H and O–H groups in total. The minimum atomic E-state index is -0.569. The van der Waals surface area contributed by atoms with Crippen molar-refractivity contribution in [3.8, 4) is 5.75 Å². The van der Waals surface area contributed by atoms with Crippen LogP contribution in [0.25, 0.3) is 16.8 Å². The number of hydrogen-bond donors (Lipinski definition) is 1. The SMILES string of the molecule is CC(COc1ccc2cc(/C=C3\SC(=O)NC3=O)ccc2c1)[C@@H]1OC[C@H]2OC(C)(C)O[C@H]21. The second-order valence-electron chi connectivity index (χ2n) is 8.85. The number of fused-ring (bicyclic) bond motifs is 2. The average Bonchev–Trinajstić information content (AvgIpc) is 3.36. The lowest BCUT2D eigenvalue weighted by atomic mass is 9.99. The van der Waals surface area contributed by atoms with Gasteiger partial charge in [0.2, 0.25) is 0 Å². The zero-order valence-electron chi connectivity index (χ0n) is 18.1. The highest BCUT2D eigenvalue weighted by molar-refractivity contribution is 8.18. The minimum absolute atomic E-state index is 0.0193. The number of hydrogen-bond acceptors (Lipinski definition) is 7. The van der Waals surface area contributed by atoms with Crippen molar-refractivity contribution >= 4 is 39.8 Å². The first-order chi connectivity index (χ1) is 15.3. The number of rotatable bonds is 5. The van der Waals surface area contributed by atoms with E-state index in [1.54, 1.807) is 6.08 Å². The maximum Gasteiger partial charge on any atom is 0.290 e. The summed E-state index contributed by atoms with van der Waals surface area (Å²) in [5.74, 6) is 0.00443. The van der Waals surface area contributed by atoms with Crippen molar-refractivity contribution in [1.82, 2.24) is 5.32 Å². The van der Waals surface area contributed by atoms with E-state index in [1.807, 2.05) is 50.2 Å². The van der Waals surface area contributed by atoms with Crippen LogP contribution in [0.4, 0.5) is 4.79 Å². The molecule has 3 heterocycles. The van der Waals surface area contributed by atoms with E-state index in [9.17, 15) is 9.59 Å². The molecule has 2 amide bonds. The number of ether oxygens (including phenoxy) is 4. The van der Waals surface area contributed by atoms with Gasteiger partial charge in [-0.05, 0) is 66.2 Å². The summed E-state index contributed by atoms with van der Waals surface area (Å²) in [5, 5.41) is 3.98. The number of carbonyl (C=O) groups is 2. The second-order valence-corrected chi connectivity index (χ2v) is 9.86. The summed E-state index contributed by atoms with van der Waals surface area (Å²) in [4.78, 5) is 23.5. The summed E-state index contributed by atoms with van der Waals surface area (Å²) in [6.45, 7) is 7.02. The van der Waals surface area contributed by atoms with Gasteiger partial charge in [0.05, 0.1) is 24.2 Å². The standard InChI is InChI=1S/C24H25NO6S/c1-13(20-21-18(12-29-20)30-24(2,3)31-21)11-28-17-7-6-15-8-14(4-5-16(15)10-17)9-19-22(26)25-23(27)32-19/h4-10,13,18,20-21H,11-12H2,1-3H3,(H,25,26,27)/b19-9-/t13?,18-,20+,21-/m1/s1. The maximum atomic E-state index is 11.8. The number of benzene rings is 2. The zero-order valence-corrected chi connectivity index (χ0v) is 18.9. The molecule has 2 aromatic rings. The summed E-state index contributed by atoms with van der Waals surface area (Å²) in [5.41, 5.74) is 0.863. The van der Waals surface area contributed by atoms with E-state index >= 15 is 0 Å². The van der Waals surface area contributed by atoms with Gasteiger partial charge < -0.3 is 18.9 Å². The van der Waals surface area contributed by atoms with E-state index in [-0.39, 0.29) is 35.4 Å². The van der Waals surface area contributed by atoms with Crippen molar-refractivity contribution in [2.24, 2.45) is 5.92 Å². The van der Waals surface area contributed by atoms with Gasteiger partial charge in [-0.3, -0.25) is 14.9 Å². The van der Waals surface area contributed by atoms with Crippen LogP contribution >= 0.6 is 11.8 Å². The summed E-state index contributed by atoms with van der Waals surface area (Å²) in [6.07, 6.45) is 1.58. The smallest absolute Gasteiger partial charge is 0.290 e. The molecule has 3 saturated heterocycles. The average molecular weight is 456 g/mol. The summed E-state index contributed by atoms with van der Waals surface area (Å²) >= 11 is 0.916. The van der Waals surface area contributed by atoms with Crippen LogP contribution in [0.1, 0.15) is 26.3 Å². The van der Waals surface area contributed by atoms with Crippen LogP contribution in [0.5, 0.6) is 5.75 Å². The van der Waals surface area contributed by atoms with E-state index in [4.69, 9.17) is 18.9 Å². The molecule has 3 fully saturated rings. The molecule has 168 valence electrons. The van der Waals surface area contributed by atoms with Gasteiger partial charge in [0.15, 0.2) is 5.79 Å². The van der Waals surface area contributed by atoms with Gasteiger partial charge in [-0.25, -0.2) is 0 Å². The van der Waals surface area contributed by atoms with Crippen molar-refractivity contribution in [1.29, 1.82) is 0 Å². The van der Waals surface area contributed by atoms with Crippen LogP contribution in [0.2, 0.25) is 0 Å². The Labute approximate surface area is 190 Å². The molecule has 0 spiro atoms. The Morgan fingerprint density at radius 1 is 1.19 bits per heavy atom. The van der Waals surface area contributed by atoms with Crippen LogP contribution in [0.15, 0.2) is 41.3 Å². The van der Waals surface area contributed by atoms with Gasteiger partial charge in [0, 0.05) is 5.92 Å². The Balaban J connectivity index is 1.24. The van der Waals surface area contributed by atoms with Gasteiger partial charge >= 0.3 is 0 Å². The quantitative estimate of drug-likeness (QED) is 0.680. The minimum Gasteiger partial charge on any atom is -0.493 e. The van der Waals surface area contributed by atoms with E-state index < -0.39 is 5.79 Å². The molecule has 1 unspecified atom stereocenters. The molecule has 3 aliphatic rings. The molecular formula is C24H25NO6S. The monoisotopic (exact) mass is 455 g/mol. The number of imide groups is 1. The molecule has 2 aromatic carbocycles. The molecule has 32 heavy (non-hydrogen) atoms. The highest BCUT2D eigenvalue weighted by atomic mass is 32.2. The van der Waals surface area contributed by atoms with Gasteiger partial charge in [0.1, 0.15) is 18.0 Å². The third-order valence-corrected chi connectivity index (χ3v) is 6.66. The molecule has 5 rings (SSSR count). The molecular weight excluding hydrogens is 430 g/mol. The number of amides is 2. The molecule has 7 nitrogen and oxygen atoms in total. The van der Waals surface area contributed by atoms with Crippen LogP contribution in [-0.2, 0) is 19.0 Å². The number of carbonyl (C=O) groups excluding carboxylic acids is 2. The Bertz CT molecular complexity index is 1110. The van der Waals surface area contributed by atoms with E-state index in [0.717, 1.165) is 33.8 Å². The Kier molecular flexibility index (Phi) is 5.49. The first-order valence-corrected chi connectivity index (χ1v) is 11.5. The fourth-order valence-corrected chi connectivity index (χ4v) is 5.06. The van der Waals surface area contributed by atoms with E-state index in [1.165, 1.54) is 0 Å². The molecule has 0 radical (unpaired) electrons. The predicted molar refractivity (Wildman–Crippen MR) is 121 cm³/mol. The lowest BCUT2D eigenvalue weighted by Gasteiger charge is -2.25. The molecule has 3 aliphatic heterocycles. The van der Waals surface area contributed by atoms with Crippen molar-refractivity contribution < 1.29 is 28.5 Å². The first kappa shape index (κ1) is 21.5. The van der Waals surface area contributed by atoms with Crippen molar-refractivity contribution in [2.45, 2.75) is 44.9 Å². The maximum absolute atomic E-state index is 11.8. The summed E-state index contributed by atoms with van der Waals surface area (Å²) in [7, 11) is 0. The van der Waals surface area contributed by atoms with Crippen LogP contribution in [0, 0.1) is 5.92 Å². The van der Waals surface area contributed by atoms with E-state index in [0.29, 0.717) is 18.1 Å². The highest BCUT2D eigenvalue weighted by Gasteiger charge is 2.51. The predicted octanol–water partition coefficient (Wildman–Crippen LogP) is 4.10. The lowest BCUT2D eigenvalue weighted by molar-refractivity contribution is -0.180. The fourth-order valence-electron chi connectivity index (χ4n) is 4.38. The van der Waals surface area contributed by atoms with E-state index in [2.05, 4.69) is 12.2 Å². The Morgan fingerprint density at radius 2 is 1.97 bits per heavy atom. The van der Waals surface area contributed by atoms with Crippen molar-refractivity contribution in [2.75, 3.05) is 13.2 Å². The zero-order chi connectivity index (χ0) is 22.5. The van der Waals surface area contributed by atoms with Crippen molar-refractivity contribution in [3.05, 3.63) is 46.9 Å². The number of thioether (sulfide) groups is 1. The highest BCUT2D eigenvalue weighted by Crippen LogP contribution is 2.38. The van der Waals surface area contributed by atoms with Gasteiger partial charge in [-0.1, -0.05) is 25.1 Å². The summed E-state index contributed by atoms with van der Waals surface area (Å²) < 4.78 is 23.9. The third-order valence-electron chi connectivity index (χ3n) is 5.85. The van der Waals surface area contributed by atoms with Crippen LogP contribution in [0.3, 0.4) is 0 Å². The fraction of sp³-hybridized carbons (Fsp3) is 0.417. The molecule has 0 aliphatic carbocycles. The molecule has 0 saturated carbocycles. The normalized spacial score (nSPS) is 28.8. The third kappa shape index (κ3) is 4.28. The topological polar surface area (TPSA) is 83.1 Å². The molecule has 0 aromatic heterocycles. The Morgan fingerprint density at radius 3 is 2.75 bits per heavy atom. The lowest BCUT2D eigenvalue weighted by Crippen LogP contribution is -2.36. The Hall–Kier alpha value is -2.39. The van der Waals surface area contributed by atoms with Gasteiger partial charge in [0.25, 0.3) is 11.1 Å². The molecule has 0 bridgehead atoms.